The number of hydrogen-bond donors (Lipinski definition) is 3. The van der Waals surface area contributed by atoms with E-state index in [4.69, 9.17) is 10.8 Å². The third kappa shape index (κ3) is 3.25. The molecule has 0 saturated heterocycles. The first-order valence-electron chi connectivity index (χ1n) is 4.18. The summed E-state index contributed by atoms with van der Waals surface area (Å²) < 4.78 is 0. The average Bonchev–Trinajstić information content (AvgIpc) is 2.03. The molecular weight excluding hydrogens is 168 g/mol. The third-order valence-electron chi connectivity index (χ3n) is 1.51. The van der Waals surface area contributed by atoms with E-state index in [1.165, 1.54) is 0 Å². The number of aliphatic hydroxyl groups is 1. The summed E-state index contributed by atoms with van der Waals surface area (Å²) in [6.07, 6.45) is 0.697. The Kier molecular flexibility index (Phi) is 3.45. The molecular formula is C8H14N4O. The topological polar surface area (TPSA) is 84.1 Å². The number of nitrogens with zero attached hydrogens (tertiary/aromatic N) is 2. The van der Waals surface area contributed by atoms with Crippen molar-refractivity contribution in [1.82, 2.24) is 9.97 Å². The fraction of sp³-hybridized carbons (Fsp3) is 0.500. The maximum absolute atomic E-state index is 8.56. The normalized spacial score (nSPS) is 10.0. The molecule has 1 aromatic heterocycles. The first-order valence-corrected chi connectivity index (χ1v) is 4.18. The van der Waals surface area contributed by atoms with E-state index >= 15 is 0 Å². The van der Waals surface area contributed by atoms with Gasteiger partial charge in [-0.1, -0.05) is 0 Å². The fourth-order valence-corrected chi connectivity index (χ4v) is 0.978. The maximum atomic E-state index is 8.56. The number of anilines is 2. The van der Waals surface area contributed by atoms with Crippen molar-refractivity contribution in [2.75, 3.05) is 24.2 Å². The molecule has 0 fully saturated rings. The molecule has 5 heteroatoms. The molecule has 0 aliphatic carbocycles. The lowest BCUT2D eigenvalue weighted by atomic mass is 10.4. The fourth-order valence-electron chi connectivity index (χ4n) is 0.978. The van der Waals surface area contributed by atoms with Crippen LogP contribution in [0.4, 0.5) is 11.8 Å². The first kappa shape index (κ1) is 9.73. The SMILES string of the molecule is Cc1cc(NCCCO)nc(N)n1. The van der Waals surface area contributed by atoms with Crippen molar-refractivity contribution in [2.24, 2.45) is 0 Å². The quantitative estimate of drug-likeness (QED) is 0.578. The minimum atomic E-state index is 0.173. The summed E-state index contributed by atoms with van der Waals surface area (Å²) in [7, 11) is 0. The van der Waals surface area contributed by atoms with Crippen LogP contribution >= 0.6 is 0 Å². The van der Waals surface area contributed by atoms with E-state index in [1.807, 2.05) is 13.0 Å². The maximum Gasteiger partial charge on any atom is 0.222 e. The molecule has 0 radical (unpaired) electrons. The van der Waals surface area contributed by atoms with Gasteiger partial charge in [-0.2, -0.15) is 4.98 Å². The van der Waals surface area contributed by atoms with Gasteiger partial charge in [0.05, 0.1) is 0 Å². The molecule has 72 valence electrons. The Morgan fingerprint density at radius 3 is 2.92 bits per heavy atom. The smallest absolute Gasteiger partial charge is 0.222 e. The minimum absolute atomic E-state index is 0.173. The molecule has 1 rings (SSSR count). The second-order valence-electron chi connectivity index (χ2n) is 2.76. The van der Waals surface area contributed by atoms with E-state index in [2.05, 4.69) is 15.3 Å². The second-order valence-corrected chi connectivity index (χ2v) is 2.76. The van der Waals surface area contributed by atoms with Gasteiger partial charge in [-0.25, -0.2) is 4.98 Å². The number of hydrogen-bond acceptors (Lipinski definition) is 5. The van der Waals surface area contributed by atoms with Crippen LogP contribution in [0.2, 0.25) is 0 Å². The van der Waals surface area contributed by atoms with Gasteiger partial charge in [0.25, 0.3) is 0 Å². The van der Waals surface area contributed by atoms with Gasteiger partial charge in [-0.15, -0.1) is 0 Å². The third-order valence-corrected chi connectivity index (χ3v) is 1.51. The van der Waals surface area contributed by atoms with E-state index in [-0.39, 0.29) is 12.6 Å². The lowest BCUT2D eigenvalue weighted by Crippen LogP contribution is -2.07. The Hall–Kier alpha value is -1.36. The number of aromatic nitrogens is 2. The lowest BCUT2D eigenvalue weighted by molar-refractivity contribution is 0.292. The van der Waals surface area contributed by atoms with Gasteiger partial charge in [-0.3, -0.25) is 0 Å². The Morgan fingerprint density at radius 1 is 1.54 bits per heavy atom. The van der Waals surface area contributed by atoms with Gasteiger partial charge >= 0.3 is 0 Å². The van der Waals surface area contributed by atoms with Crippen LogP contribution in [0, 0.1) is 6.92 Å². The van der Waals surface area contributed by atoms with Crippen LogP contribution < -0.4 is 11.1 Å². The van der Waals surface area contributed by atoms with Crippen LogP contribution in [0.15, 0.2) is 6.07 Å². The largest absolute Gasteiger partial charge is 0.396 e. The van der Waals surface area contributed by atoms with Crippen LogP contribution in [0.25, 0.3) is 0 Å². The summed E-state index contributed by atoms with van der Waals surface area (Å²) in [6, 6.07) is 1.81. The molecule has 0 spiro atoms. The highest BCUT2D eigenvalue weighted by Gasteiger charge is 1.97. The Labute approximate surface area is 77.0 Å². The predicted octanol–water partition coefficient (Wildman–Crippen LogP) is 0.162. The number of aryl methyl sites for hydroxylation is 1. The molecule has 5 nitrogen and oxygen atoms in total. The number of rotatable bonds is 4. The molecule has 0 bridgehead atoms. The highest BCUT2D eigenvalue weighted by Crippen LogP contribution is 2.06. The molecule has 0 aliphatic heterocycles. The molecule has 0 atom stereocenters. The Balaban J connectivity index is 2.56. The number of nitrogens with two attached hydrogens (primary N) is 1. The highest BCUT2D eigenvalue weighted by atomic mass is 16.3. The summed E-state index contributed by atoms with van der Waals surface area (Å²) >= 11 is 0. The van der Waals surface area contributed by atoms with Gasteiger partial charge in [0.1, 0.15) is 5.82 Å². The molecule has 0 aliphatic rings. The molecule has 4 N–H and O–H groups in total. The van der Waals surface area contributed by atoms with Crippen molar-refractivity contribution in [3.8, 4) is 0 Å². The lowest BCUT2D eigenvalue weighted by Gasteiger charge is -2.05. The van der Waals surface area contributed by atoms with E-state index in [0.717, 1.165) is 5.69 Å². The molecule has 13 heavy (non-hydrogen) atoms. The molecule has 0 saturated carbocycles. The van der Waals surface area contributed by atoms with Gasteiger partial charge in [-0.05, 0) is 13.3 Å². The van der Waals surface area contributed by atoms with E-state index < -0.39 is 0 Å². The van der Waals surface area contributed by atoms with Gasteiger partial charge in [0, 0.05) is 24.9 Å². The van der Waals surface area contributed by atoms with E-state index in [0.29, 0.717) is 18.8 Å². The zero-order valence-corrected chi connectivity index (χ0v) is 7.62. The average molecular weight is 182 g/mol. The molecule has 1 aromatic rings. The zero-order chi connectivity index (χ0) is 9.68. The van der Waals surface area contributed by atoms with Crippen molar-refractivity contribution < 1.29 is 5.11 Å². The Bertz CT molecular complexity index is 257. The highest BCUT2D eigenvalue weighted by molar-refractivity contribution is 5.39. The summed E-state index contributed by atoms with van der Waals surface area (Å²) in [5.41, 5.74) is 6.28. The Morgan fingerprint density at radius 2 is 2.31 bits per heavy atom. The van der Waals surface area contributed by atoms with Crippen LogP contribution in [-0.4, -0.2) is 28.2 Å². The second kappa shape index (κ2) is 4.61. The van der Waals surface area contributed by atoms with Crippen LogP contribution in [0.3, 0.4) is 0 Å². The zero-order valence-electron chi connectivity index (χ0n) is 7.62. The number of aliphatic hydroxyl groups excluding tert-OH is 1. The predicted molar refractivity (Wildman–Crippen MR) is 51.4 cm³/mol. The van der Waals surface area contributed by atoms with Gasteiger partial charge in [0.15, 0.2) is 0 Å². The summed E-state index contributed by atoms with van der Waals surface area (Å²) in [4.78, 5) is 7.92. The number of nitrogen functional groups attached to an aromatic ring is 1. The van der Waals surface area contributed by atoms with Gasteiger partial charge in [0.2, 0.25) is 5.95 Å². The van der Waals surface area contributed by atoms with E-state index in [9.17, 15) is 0 Å². The molecule has 0 aromatic carbocycles. The summed E-state index contributed by atoms with van der Waals surface area (Å²) in [5, 5.41) is 11.6. The van der Waals surface area contributed by atoms with Crippen molar-refractivity contribution >= 4 is 11.8 Å². The van der Waals surface area contributed by atoms with Gasteiger partial charge < -0.3 is 16.2 Å². The van der Waals surface area contributed by atoms with Crippen LogP contribution in [0.5, 0.6) is 0 Å². The van der Waals surface area contributed by atoms with Crippen molar-refractivity contribution in [3.05, 3.63) is 11.8 Å². The van der Waals surface area contributed by atoms with Crippen molar-refractivity contribution in [1.29, 1.82) is 0 Å². The molecule has 0 amide bonds. The summed E-state index contributed by atoms with van der Waals surface area (Å²) in [6.45, 7) is 2.72. The monoisotopic (exact) mass is 182 g/mol. The summed E-state index contributed by atoms with van der Waals surface area (Å²) in [5.74, 6) is 0.977. The standard InChI is InChI=1S/C8H14N4O/c1-6-5-7(10-3-2-4-13)12-8(9)11-6/h5,13H,2-4H2,1H3,(H3,9,10,11,12). The van der Waals surface area contributed by atoms with Crippen molar-refractivity contribution in [2.45, 2.75) is 13.3 Å². The van der Waals surface area contributed by atoms with Crippen molar-refractivity contribution in [3.63, 3.8) is 0 Å². The van der Waals surface area contributed by atoms with E-state index in [1.54, 1.807) is 0 Å². The molecule has 1 heterocycles. The van der Waals surface area contributed by atoms with Crippen LogP contribution in [-0.2, 0) is 0 Å². The number of nitrogens with one attached hydrogen (secondary N) is 1. The first-order chi connectivity index (χ1) is 6.22. The molecule has 0 unspecified atom stereocenters. The minimum Gasteiger partial charge on any atom is -0.396 e. The van der Waals surface area contributed by atoms with Crippen LogP contribution in [0.1, 0.15) is 12.1 Å².